The Labute approximate surface area is 104 Å². The lowest BCUT2D eigenvalue weighted by Gasteiger charge is -2.05. The molecule has 7 heteroatoms. The van der Waals surface area contributed by atoms with E-state index in [4.69, 9.17) is 5.73 Å². The first-order valence-electron chi connectivity index (χ1n) is 5.46. The summed E-state index contributed by atoms with van der Waals surface area (Å²) in [5.74, 6) is -0.0137. The molecule has 0 aliphatic heterocycles. The second-order valence-corrected chi connectivity index (χ2v) is 6.50. The number of aryl methyl sites for hydroxylation is 1. The van der Waals surface area contributed by atoms with E-state index >= 15 is 0 Å². The number of fused-ring (bicyclic) bond motifs is 1. The highest BCUT2D eigenvalue weighted by atomic mass is 32.2. The average molecular weight is 271 g/mol. The third-order valence-corrected chi connectivity index (χ3v) is 3.67. The van der Waals surface area contributed by atoms with Crippen molar-refractivity contribution in [3.8, 4) is 0 Å². The van der Waals surface area contributed by atoms with E-state index in [0.717, 1.165) is 0 Å². The number of anilines is 1. The average Bonchev–Trinajstić information content (AvgIpc) is 2.52. The van der Waals surface area contributed by atoms with Gasteiger partial charge in [0.25, 0.3) is 0 Å². The van der Waals surface area contributed by atoms with E-state index in [9.17, 15) is 12.8 Å². The van der Waals surface area contributed by atoms with Crippen molar-refractivity contribution in [3.05, 3.63) is 24.0 Å². The lowest BCUT2D eigenvalue weighted by atomic mass is 10.3. The number of nitrogen functional groups attached to an aromatic ring is 1. The molecule has 0 radical (unpaired) electrons. The fourth-order valence-corrected chi connectivity index (χ4v) is 2.49. The molecule has 0 aliphatic rings. The normalized spacial score (nSPS) is 12.1. The number of hydrogen-bond donors (Lipinski definition) is 1. The molecule has 0 unspecified atom stereocenters. The molecular weight excluding hydrogens is 257 g/mol. The minimum absolute atomic E-state index is 0.0906. The van der Waals surface area contributed by atoms with Crippen LogP contribution in [0.15, 0.2) is 18.2 Å². The van der Waals surface area contributed by atoms with Crippen LogP contribution in [0.3, 0.4) is 0 Å². The number of nitrogens with zero attached hydrogens (tertiary/aromatic N) is 2. The SMILES string of the molecule is CS(=O)(=O)CCCn1c(N)nc2cc(F)ccc21. The van der Waals surface area contributed by atoms with E-state index in [2.05, 4.69) is 4.98 Å². The minimum atomic E-state index is -2.98. The molecule has 0 saturated heterocycles. The Hall–Kier alpha value is -1.63. The van der Waals surface area contributed by atoms with Crippen molar-refractivity contribution in [2.24, 2.45) is 0 Å². The lowest BCUT2D eigenvalue weighted by molar-refractivity contribution is 0.594. The topological polar surface area (TPSA) is 78.0 Å². The van der Waals surface area contributed by atoms with Crippen LogP contribution in [0.1, 0.15) is 6.42 Å². The first-order chi connectivity index (χ1) is 8.37. The van der Waals surface area contributed by atoms with Gasteiger partial charge in [-0.2, -0.15) is 0 Å². The van der Waals surface area contributed by atoms with Crippen LogP contribution in [-0.2, 0) is 16.4 Å². The van der Waals surface area contributed by atoms with Crippen molar-refractivity contribution in [1.29, 1.82) is 0 Å². The van der Waals surface area contributed by atoms with Gasteiger partial charge < -0.3 is 10.3 Å². The Kier molecular flexibility index (Phi) is 3.25. The quantitative estimate of drug-likeness (QED) is 0.906. The van der Waals surface area contributed by atoms with Crippen LogP contribution in [0, 0.1) is 5.82 Å². The van der Waals surface area contributed by atoms with Crippen molar-refractivity contribution in [1.82, 2.24) is 9.55 Å². The van der Waals surface area contributed by atoms with Gasteiger partial charge in [0.05, 0.1) is 16.8 Å². The molecule has 0 saturated carbocycles. The molecule has 2 N–H and O–H groups in total. The molecule has 5 nitrogen and oxygen atoms in total. The number of imidazole rings is 1. The van der Waals surface area contributed by atoms with E-state index in [1.807, 2.05) is 0 Å². The van der Waals surface area contributed by atoms with Gasteiger partial charge in [-0.25, -0.2) is 17.8 Å². The van der Waals surface area contributed by atoms with E-state index in [0.29, 0.717) is 24.0 Å². The zero-order chi connectivity index (χ0) is 13.3. The van der Waals surface area contributed by atoms with Gasteiger partial charge >= 0.3 is 0 Å². The zero-order valence-corrected chi connectivity index (χ0v) is 10.7. The Bertz CT molecular complexity index is 679. The molecular formula is C11H14FN3O2S. The van der Waals surface area contributed by atoms with Crippen molar-refractivity contribution in [2.45, 2.75) is 13.0 Å². The molecule has 2 aromatic rings. The van der Waals surface area contributed by atoms with Gasteiger partial charge in [-0.05, 0) is 18.6 Å². The van der Waals surface area contributed by atoms with Crippen LogP contribution in [0.5, 0.6) is 0 Å². The van der Waals surface area contributed by atoms with Crippen molar-refractivity contribution >= 4 is 26.8 Å². The summed E-state index contributed by atoms with van der Waals surface area (Å²) in [6, 6.07) is 4.23. The van der Waals surface area contributed by atoms with Gasteiger partial charge in [0.2, 0.25) is 5.95 Å². The van der Waals surface area contributed by atoms with Crippen LogP contribution in [0.4, 0.5) is 10.3 Å². The number of hydrogen-bond acceptors (Lipinski definition) is 4. The molecule has 0 fully saturated rings. The monoisotopic (exact) mass is 271 g/mol. The zero-order valence-electron chi connectivity index (χ0n) is 9.93. The van der Waals surface area contributed by atoms with Gasteiger partial charge in [0.15, 0.2) is 0 Å². The summed E-state index contributed by atoms with van der Waals surface area (Å²) in [4.78, 5) is 4.04. The summed E-state index contributed by atoms with van der Waals surface area (Å²) in [7, 11) is -2.98. The molecule has 2 rings (SSSR count). The second-order valence-electron chi connectivity index (χ2n) is 4.24. The largest absolute Gasteiger partial charge is 0.369 e. The van der Waals surface area contributed by atoms with Gasteiger partial charge in [0.1, 0.15) is 15.7 Å². The molecule has 0 aliphatic carbocycles. The van der Waals surface area contributed by atoms with E-state index in [-0.39, 0.29) is 17.5 Å². The van der Waals surface area contributed by atoms with Crippen LogP contribution in [0.2, 0.25) is 0 Å². The van der Waals surface area contributed by atoms with Crippen LogP contribution >= 0.6 is 0 Å². The first kappa shape index (κ1) is 12.8. The highest BCUT2D eigenvalue weighted by molar-refractivity contribution is 7.90. The first-order valence-corrected chi connectivity index (χ1v) is 7.52. The molecule has 0 atom stereocenters. The molecule has 1 aromatic heterocycles. The Balaban J connectivity index is 2.25. The van der Waals surface area contributed by atoms with Crippen LogP contribution in [0.25, 0.3) is 11.0 Å². The molecule has 98 valence electrons. The molecule has 1 aromatic carbocycles. The number of rotatable bonds is 4. The van der Waals surface area contributed by atoms with E-state index < -0.39 is 9.84 Å². The fourth-order valence-electron chi connectivity index (χ4n) is 1.84. The van der Waals surface area contributed by atoms with Crippen molar-refractivity contribution < 1.29 is 12.8 Å². The summed E-state index contributed by atoms with van der Waals surface area (Å²) < 4.78 is 36.8. The Morgan fingerprint density at radius 2 is 2.17 bits per heavy atom. The summed E-state index contributed by atoms with van der Waals surface area (Å²) >= 11 is 0. The van der Waals surface area contributed by atoms with Crippen LogP contribution in [-0.4, -0.2) is 30.0 Å². The maximum absolute atomic E-state index is 13.0. The number of aromatic nitrogens is 2. The smallest absolute Gasteiger partial charge is 0.201 e. The number of benzene rings is 1. The predicted molar refractivity (Wildman–Crippen MR) is 68.4 cm³/mol. The number of sulfone groups is 1. The summed E-state index contributed by atoms with van der Waals surface area (Å²) in [5, 5.41) is 0. The molecule has 1 heterocycles. The third kappa shape index (κ3) is 2.79. The highest BCUT2D eigenvalue weighted by Crippen LogP contribution is 2.19. The maximum atomic E-state index is 13.0. The van der Waals surface area contributed by atoms with Crippen LogP contribution < -0.4 is 5.73 Å². The Morgan fingerprint density at radius 3 is 2.83 bits per heavy atom. The lowest BCUT2D eigenvalue weighted by Crippen LogP contribution is -2.09. The summed E-state index contributed by atoms with van der Waals surface area (Å²) in [5.41, 5.74) is 6.92. The maximum Gasteiger partial charge on any atom is 0.201 e. The van der Waals surface area contributed by atoms with Gasteiger partial charge in [0, 0.05) is 18.9 Å². The number of halogens is 1. The third-order valence-electron chi connectivity index (χ3n) is 2.64. The summed E-state index contributed by atoms with van der Waals surface area (Å²) in [6.07, 6.45) is 1.64. The molecule has 0 spiro atoms. The summed E-state index contributed by atoms with van der Waals surface area (Å²) in [6.45, 7) is 0.445. The fraction of sp³-hybridized carbons (Fsp3) is 0.364. The molecule has 0 amide bonds. The molecule has 0 bridgehead atoms. The van der Waals surface area contributed by atoms with Crippen molar-refractivity contribution in [3.63, 3.8) is 0 Å². The molecule has 18 heavy (non-hydrogen) atoms. The van der Waals surface area contributed by atoms with E-state index in [1.54, 1.807) is 10.6 Å². The highest BCUT2D eigenvalue weighted by Gasteiger charge is 2.09. The predicted octanol–water partition coefficient (Wildman–Crippen LogP) is 1.19. The standard InChI is InChI=1S/C11H14FN3O2S/c1-18(16,17)6-2-5-15-10-4-3-8(12)7-9(10)14-11(15)13/h3-4,7H,2,5-6H2,1H3,(H2,13,14). The van der Waals surface area contributed by atoms with E-state index in [1.165, 1.54) is 18.4 Å². The van der Waals surface area contributed by atoms with Crippen molar-refractivity contribution in [2.75, 3.05) is 17.7 Å². The van der Waals surface area contributed by atoms with Gasteiger partial charge in [-0.1, -0.05) is 0 Å². The van der Waals surface area contributed by atoms with Gasteiger partial charge in [-0.3, -0.25) is 0 Å². The second kappa shape index (κ2) is 4.56. The minimum Gasteiger partial charge on any atom is -0.369 e. The van der Waals surface area contributed by atoms with Gasteiger partial charge in [-0.15, -0.1) is 0 Å². The number of nitrogens with two attached hydrogens (primary N) is 1. The Morgan fingerprint density at radius 1 is 1.44 bits per heavy atom.